The molecule has 4 nitrogen and oxygen atoms in total. The molecule has 1 aliphatic heterocycles. The van der Waals surface area contributed by atoms with Gasteiger partial charge >= 0.3 is 0 Å². The molecular formula is C18H18N2O2S3. The van der Waals surface area contributed by atoms with E-state index in [1.165, 1.54) is 16.2 Å². The highest BCUT2D eigenvalue weighted by Crippen LogP contribution is 2.28. The zero-order chi connectivity index (χ0) is 17.3. The number of piperidine rings is 1. The minimum Gasteiger partial charge on any atom is -0.237 e. The molecule has 0 spiro atoms. The van der Waals surface area contributed by atoms with Crippen LogP contribution in [0.2, 0.25) is 0 Å². The first-order chi connectivity index (χ1) is 12.1. The van der Waals surface area contributed by atoms with Crippen LogP contribution in [-0.2, 0) is 10.0 Å². The number of hydrogen-bond donors (Lipinski definition) is 0. The molecule has 7 heteroatoms. The SMILES string of the molecule is O=S(=O)(c1ccc2nc(/C=C/c3cccs3)sc2c1)N1CCCCC1. The molecule has 3 aromatic rings. The number of sulfonamides is 1. The second-order valence-electron chi connectivity index (χ2n) is 6.00. The van der Waals surface area contributed by atoms with Gasteiger partial charge in [-0.2, -0.15) is 4.31 Å². The van der Waals surface area contributed by atoms with Crippen molar-refractivity contribution in [1.82, 2.24) is 9.29 Å². The zero-order valence-electron chi connectivity index (χ0n) is 13.6. The van der Waals surface area contributed by atoms with E-state index in [1.54, 1.807) is 27.8 Å². The molecule has 0 amide bonds. The second-order valence-corrected chi connectivity index (χ2v) is 9.97. The maximum atomic E-state index is 12.8. The molecular weight excluding hydrogens is 372 g/mol. The molecule has 0 aliphatic carbocycles. The van der Waals surface area contributed by atoms with Gasteiger partial charge < -0.3 is 0 Å². The van der Waals surface area contributed by atoms with Crippen molar-refractivity contribution >= 4 is 55.1 Å². The fourth-order valence-corrected chi connectivity index (χ4v) is 6.09. The average molecular weight is 391 g/mol. The average Bonchev–Trinajstić information content (AvgIpc) is 3.29. The quantitative estimate of drug-likeness (QED) is 0.649. The molecule has 1 saturated heterocycles. The van der Waals surface area contributed by atoms with E-state index in [0.717, 1.165) is 34.5 Å². The highest BCUT2D eigenvalue weighted by molar-refractivity contribution is 7.89. The fraction of sp³-hybridized carbons (Fsp3) is 0.278. The van der Waals surface area contributed by atoms with Crippen molar-refractivity contribution in [2.75, 3.05) is 13.1 Å². The lowest BCUT2D eigenvalue weighted by Crippen LogP contribution is -2.35. The standard InChI is InChI=1S/C18H18N2O2S3/c21-25(22,20-10-2-1-3-11-20)15-7-8-16-17(13-15)24-18(19-16)9-6-14-5-4-12-23-14/h4-9,12-13H,1-3,10-11H2/b9-6+. The lowest BCUT2D eigenvalue weighted by Gasteiger charge is -2.25. The van der Waals surface area contributed by atoms with Crippen molar-refractivity contribution in [3.8, 4) is 0 Å². The molecule has 25 heavy (non-hydrogen) atoms. The van der Waals surface area contributed by atoms with Gasteiger partial charge in [-0.05, 0) is 54.6 Å². The smallest absolute Gasteiger partial charge is 0.237 e. The molecule has 1 aliphatic rings. The van der Waals surface area contributed by atoms with Gasteiger partial charge in [-0.1, -0.05) is 12.5 Å². The van der Waals surface area contributed by atoms with Gasteiger partial charge in [0.25, 0.3) is 0 Å². The third-order valence-electron chi connectivity index (χ3n) is 4.26. The summed E-state index contributed by atoms with van der Waals surface area (Å²) in [6.07, 6.45) is 7.02. The van der Waals surface area contributed by atoms with E-state index in [2.05, 4.69) is 11.1 Å². The second kappa shape index (κ2) is 6.99. The number of rotatable bonds is 4. The summed E-state index contributed by atoms with van der Waals surface area (Å²) in [6, 6.07) is 9.32. The van der Waals surface area contributed by atoms with Crippen LogP contribution in [-0.4, -0.2) is 30.8 Å². The number of thiophene rings is 1. The molecule has 4 rings (SSSR count). The molecule has 3 heterocycles. The molecule has 0 saturated carbocycles. The van der Waals surface area contributed by atoms with Crippen LogP contribution in [0.15, 0.2) is 40.6 Å². The van der Waals surface area contributed by atoms with Gasteiger partial charge in [-0.3, -0.25) is 0 Å². The topological polar surface area (TPSA) is 50.3 Å². The van der Waals surface area contributed by atoms with Crippen LogP contribution in [0.5, 0.6) is 0 Å². The van der Waals surface area contributed by atoms with Crippen molar-refractivity contribution in [3.05, 3.63) is 45.6 Å². The maximum Gasteiger partial charge on any atom is 0.243 e. The summed E-state index contributed by atoms with van der Waals surface area (Å²) in [4.78, 5) is 6.12. The van der Waals surface area contributed by atoms with Gasteiger partial charge in [0.15, 0.2) is 0 Å². The van der Waals surface area contributed by atoms with E-state index < -0.39 is 10.0 Å². The summed E-state index contributed by atoms with van der Waals surface area (Å²) in [6.45, 7) is 1.25. The number of thiazole rings is 1. The fourth-order valence-electron chi connectivity index (χ4n) is 2.95. The zero-order valence-corrected chi connectivity index (χ0v) is 16.0. The van der Waals surface area contributed by atoms with Crippen LogP contribution in [0, 0.1) is 0 Å². The van der Waals surface area contributed by atoms with Gasteiger partial charge in [-0.15, -0.1) is 22.7 Å². The molecule has 1 aromatic carbocycles. The third kappa shape index (κ3) is 3.55. The predicted molar refractivity (Wildman–Crippen MR) is 105 cm³/mol. The van der Waals surface area contributed by atoms with Crippen LogP contribution in [0.4, 0.5) is 0 Å². The number of aromatic nitrogens is 1. The lowest BCUT2D eigenvalue weighted by molar-refractivity contribution is 0.346. The van der Waals surface area contributed by atoms with E-state index in [-0.39, 0.29) is 0 Å². The highest BCUT2D eigenvalue weighted by atomic mass is 32.2. The van der Waals surface area contributed by atoms with Crippen molar-refractivity contribution in [2.24, 2.45) is 0 Å². The molecule has 0 unspecified atom stereocenters. The number of benzene rings is 1. The van der Waals surface area contributed by atoms with Crippen molar-refractivity contribution < 1.29 is 8.42 Å². The predicted octanol–water partition coefficient (Wildman–Crippen LogP) is 4.70. The van der Waals surface area contributed by atoms with Gasteiger partial charge in [0.2, 0.25) is 10.0 Å². The summed E-state index contributed by atoms with van der Waals surface area (Å²) in [5, 5.41) is 2.92. The van der Waals surface area contributed by atoms with Crippen molar-refractivity contribution in [1.29, 1.82) is 0 Å². The van der Waals surface area contributed by atoms with Crippen LogP contribution in [0.3, 0.4) is 0 Å². The van der Waals surface area contributed by atoms with E-state index >= 15 is 0 Å². The Labute approximate surface area is 155 Å². The van der Waals surface area contributed by atoms with Gasteiger partial charge in [0.05, 0.1) is 15.1 Å². The summed E-state index contributed by atoms with van der Waals surface area (Å²) in [5.41, 5.74) is 0.841. The highest BCUT2D eigenvalue weighted by Gasteiger charge is 2.26. The third-order valence-corrected chi connectivity index (χ3v) is 7.98. The normalized spacial score (nSPS) is 16.8. The van der Waals surface area contributed by atoms with Crippen LogP contribution in [0.25, 0.3) is 22.4 Å². The van der Waals surface area contributed by atoms with E-state index in [4.69, 9.17) is 0 Å². The maximum absolute atomic E-state index is 12.8. The van der Waals surface area contributed by atoms with E-state index in [1.807, 2.05) is 29.7 Å². The Morgan fingerprint density at radius 3 is 2.68 bits per heavy atom. The Balaban J connectivity index is 1.64. The van der Waals surface area contributed by atoms with Crippen LogP contribution >= 0.6 is 22.7 Å². The first kappa shape index (κ1) is 16.9. The van der Waals surface area contributed by atoms with Crippen LogP contribution in [0.1, 0.15) is 29.1 Å². The van der Waals surface area contributed by atoms with Gasteiger partial charge in [0, 0.05) is 18.0 Å². The van der Waals surface area contributed by atoms with E-state index in [0.29, 0.717) is 18.0 Å². The minimum absolute atomic E-state index is 0.374. The Bertz CT molecular complexity index is 998. The Hall–Kier alpha value is -1.54. The first-order valence-corrected chi connectivity index (χ1v) is 11.4. The molecule has 2 aromatic heterocycles. The monoisotopic (exact) mass is 390 g/mol. The Morgan fingerprint density at radius 2 is 1.92 bits per heavy atom. The molecule has 130 valence electrons. The first-order valence-electron chi connectivity index (χ1n) is 8.25. The largest absolute Gasteiger partial charge is 0.243 e. The van der Waals surface area contributed by atoms with Gasteiger partial charge in [0.1, 0.15) is 5.01 Å². The Kier molecular flexibility index (Phi) is 4.73. The van der Waals surface area contributed by atoms with Crippen molar-refractivity contribution in [3.63, 3.8) is 0 Å². The summed E-state index contributed by atoms with van der Waals surface area (Å²) in [7, 11) is -3.40. The molecule has 0 atom stereocenters. The summed E-state index contributed by atoms with van der Waals surface area (Å²) in [5.74, 6) is 0. The summed E-state index contributed by atoms with van der Waals surface area (Å²) >= 11 is 3.20. The lowest BCUT2D eigenvalue weighted by atomic mass is 10.2. The molecule has 1 fully saturated rings. The minimum atomic E-state index is -3.40. The molecule has 0 radical (unpaired) electrons. The van der Waals surface area contributed by atoms with Crippen LogP contribution < -0.4 is 0 Å². The number of nitrogens with zero attached hydrogens (tertiary/aromatic N) is 2. The molecule has 0 bridgehead atoms. The summed E-state index contributed by atoms with van der Waals surface area (Å²) < 4.78 is 28.1. The van der Waals surface area contributed by atoms with E-state index in [9.17, 15) is 8.42 Å². The van der Waals surface area contributed by atoms with Crippen molar-refractivity contribution in [2.45, 2.75) is 24.2 Å². The number of fused-ring (bicyclic) bond motifs is 1. The van der Waals surface area contributed by atoms with Gasteiger partial charge in [-0.25, -0.2) is 13.4 Å². The number of hydrogen-bond acceptors (Lipinski definition) is 5. The Morgan fingerprint density at radius 1 is 1.08 bits per heavy atom. The molecule has 0 N–H and O–H groups in total.